The molecule has 2 heterocycles. The lowest BCUT2D eigenvalue weighted by Gasteiger charge is -2.17. The van der Waals surface area contributed by atoms with Crippen molar-refractivity contribution >= 4 is 34.5 Å². The summed E-state index contributed by atoms with van der Waals surface area (Å²) in [4.78, 5) is 42.8. The fourth-order valence-corrected chi connectivity index (χ4v) is 5.00. The first-order valence-corrected chi connectivity index (χ1v) is 12.6. The number of nitrogens with zero attached hydrogens (tertiary/aromatic N) is 2. The van der Waals surface area contributed by atoms with Gasteiger partial charge in [-0.3, -0.25) is 14.2 Å². The van der Waals surface area contributed by atoms with Crippen molar-refractivity contribution in [1.29, 1.82) is 0 Å². The van der Waals surface area contributed by atoms with Gasteiger partial charge in [0.05, 0.1) is 41.6 Å². The second kappa shape index (κ2) is 11.4. The molecule has 1 aliphatic carbocycles. The molecule has 1 atom stereocenters. The molecule has 0 radical (unpaired) electrons. The van der Waals surface area contributed by atoms with Crippen molar-refractivity contribution < 1.29 is 18.7 Å². The minimum atomic E-state index is -0.511. The first-order chi connectivity index (χ1) is 17.0. The summed E-state index contributed by atoms with van der Waals surface area (Å²) in [5, 5.41) is 3.26. The molecule has 1 N–H and O–H groups in total. The van der Waals surface area contributed by atoms with Gasteiger partial charge in [-0.05, 0) is 69.4 Å². The number of allylic oxidation sites excluding steroid dienone is 1. The van der Waals surface area contributed by atoms with E-state index < -0.39 is 11.2 Å². The topological polar surface area (TPSA) is 103 Å². The summed E-state index contributed by atoms with van der Waals surface area (Å²) in [7, 11) is 1.30. The number of fused-ring (bicyclic) bond motifs is 1. The Bertz CT molecular complexity index is 1300. The molecule has 0 bridgehead atoms. The minimum Gasteiger partial charge on any atom is -0.467 e. The monoisotopic (exact) mass is 495 g/mol. The Morgan fingerprint density at radius 2 is 2.14 bits per heavy atom. The van der Waals surface area contributed by atoms with Crippen LogP contribution in [0.2, 0.25) is 0 Å². The maximum Gasteiger partial charge on any atom is 0.337 e. The largest absolute Gasteiger partial charge is 0.467 e. The molecule has 0 aliphatic heterocycles. The zero-order valence-corrected chi connectivity index (χ0v) is 20.7. The summed E-state index contributed by atoms with van der Waals surface area (Å²) in [6, 6.07) is 8.18. The predicted octanol–water partition coefficient (Wildman–Crippen LogP) is 4.31. The van der Waals surface area contributed by atoms with Crippen LogP contribution in [0.15, 0.2) is 62.6 Å². The number of furan rings is 1. The van der Waals surface area contributed by atoms with Crippen molar-refractivity contribution in [3.63, 3.8) is 0 Å². The quantitative estimate of drug-likeness (QED) is 0.204. The first kappa shape index (κ1) is 24.8. The van der Waals surface area contributed by atoms with Crippen LogP contribution in [0.5, 0.6) is 0 Å². The summed E-state index contributed by atoms with van der Waals surface area (Å²) in [6.45, 7) is 2.55. The maximum absolute atomic E-state index is 13.4. The van der Waals surface area contributed by atoms with E-state index in [1.54, 1.807) is 37.5 Å². The van der Waals surface area contributed by atoms with Crippen LogP contribution in [0.1, 0.15) is 55.1 Å². The van der Waals surface area contributed by atoms with E-state index in [4.69, 9.17) is 9.15 Å². The van der Waals surface area contributed by atoms with Gasteiger partial charge in [-0.2, -0.15) is 0 Å². The van der Waals surface area contributed by atoms with Gasteiger partial charge in [-0.15, -0.1) is 0 Å². The van der Waals surface area contributed by atoms with Gasteiger partial charge in [-0.25, -0.2) is 9.78 Å². The van der Waals surface area contributed by atoms with Gasteiger partial charge >= 0.3 is 5.97 Å². The number of carbonyl (C=O) groups excluding carboxylic acids is 2. The number of carbonyl (C=O) groups is 2. The number of aromatic nitrogens is 2. The predicted molar refractivity (Wildman–Crippen MR) is 135 cm³/mol. The van der Waals surface area contributed by atoms with E-state index in [9.17, 15) is 14.4 Å². The molecule has 184 valence electrons. The van der Waals surface area contributed by atoms with Crippen LogP contribution in [0, 0.1) is 0 Å². The zero-order valence-electron chi connectivity index (χ0n) is 19.9. The molecule has 0 saturated carbocycles. The number of ether oxygens (including phenoxy) is 1. The molecule has 1 aliphatic rings. The van der Waals surface area contributed by atoms with E-state index in [-0.39, 0.29) is 18.0 Å². The summed E-state index contributed by atoms with van der Waals surface area (Å²) in [5.74, 6) is -0.0312. The lowest BCUT2D eigenvalue weighted by Crippen LogP contribution is -2.33. The molecule has 1 unspecified atom stereocenters. The van der Waals surface area contributed by atoms with Crippen molar-refractivity contribution in [2.45, 2.75) is 56.0 Å². The Morgan fingerprint density at radius 3 is 2.86 bits per heavy atom. The van der Waals surface area contributed by atoms with Crippen LogP contribution in [-0.2, 0) is 16.1 Å². The molecule has 3 aromatic rings. The molecular weight excluding hydrogens is 466 g/mol. The van der Waals surface area contributed by atoms with Crippen molar-refractivity contribution in [2.24, 2.45) is 0 Å². The van der Waals surface area contributed by atoms with E-state index >= 15 is 0 Å². The van der Waals surface area contributed by atoms with Crippen molar-refractivity contribution in [3.05, 3.63) is 69.9 Å². The highest BCUT2D eigenvalue weighted by Crippen LogP contribution is 2.25. The third-order valence-electron chi connectivity index (χ3n) is 6.02. The van der Waals surface area contributed by atoms with E-state index in [2.05, 4.69) is 16.4 Å². The van der Waals surface area contributed by atoms with E-state index in [0.29, 0.717) is 33.9 Å². The standard InChI is InChI=1S/C26H29N3O5S/c1-17(23(30)27-13-12-18-7-4-3-5-8-18)35-26-28-22-15-19(25(32)33-2)10-11-21(22)24(31)29(26)16-20-9-6-14-34-20/h6-7,9-11,14-15,17H,3-5,8,12-13,16H2,1-2H3,(H,27,30). The maximum atomic E-state index is 13.4. The highest BCUT2D eigenvalue weighted by Gasteiger charge is 2.21. The molecule has 9 heteroatoms. The second-order valence-corrected chi connectivity index (χ2v) is 9.81. The van der Waals surface area contributed by atoms with Crippen molar-refractivity contribution in [2.75, 3.05) is 13.7 Å². The van der Waals surface area contributed by atoms with E-state index in [0.717, 1.165) is 19.3 Å². The van der Waals surface area contributed by atoms with Gasteiger partial charge in [0.25, 0.3) is 5.56 Å². The van der Waals surface area contributed by atoms with Gasteiger partial charge in [0, 0.05) is 6.54 Å². The number of nitrogens with one attached hydrogen (secondary N) is 1. The molecule has 1 aromatic carbocycles. The number of rotatable bonds is 9. The lowest BCUT2D eigenvalue weighted by atomic mass is 9.97. The van der Waals surface area contributed by atoms with Crippen molar-refractivity contribution in [3.8, 4) is 0 Å². The van der Waals surface area contributed by atoms with Crippen molar-refractivity contribution in [1.82, 2.24) is 14.9 Å². The number of hydrogen-bond donors (Lipinski definition) is 1. The summed E-state index contributed by atoms with van der Waals surface area (Å²) < 4.78 is 11.7. The molecule has 4 rings (SSSR count). The van der Waals surface area contributed by atoms with Gasteiger partial charge in [0.15, 0.2) is 5.16 Å². The first-order valence-electron chi connectivity index (χ1n) is 11.7. The smallest absolute Gasteiger partial charge is 0.337 e. The lowest BCUT2D eigenvalue weighted by molar-refractivity contribution is -0.120. The summed E-state index contributed by atoms with van der Waals surface area (Å²) >= 11 is 1.20. The number of hydrogen-bond acceptors (Lipinski definition) is 7. The normalized spacial score (nSPS) is 14.4. The molecule has 8 nitrogen and oxygen atoms in total. The summed E-state index contributed by atoms with van der Waals surface area (Å²) in [5.41, 5.74) is 1.80. The number of esters is 1. The number of benzene rings is 1. The van der Waals surface area contributed by atoms with Crippen LogP contribution < -0.4 is 10.9 Å². The van der Waals surface area contributed by atoms with E-state index in [1.807, 2.05) is 0 Å². The number of thioether (sulfide) groups is 1. The third-order valence-corrected chi connectivity index (χ3v) is 7.11. The molecule has 1 amide bonds. The summed E-state index contributed by atoms with van der Waals surface area (Å²) in [6.07, 6.45) is 9.36. The van der Waals surface area contributed by atoms with Crippen LogP contribution in [-0.4, -0.2) is 40.3 Å². The van der Waals surface area contributed by atoms with Gasteiger partial charge < -0.3 is 14.5 Å². The van der Waals surface area contributed by atoms with Crippen LogP contribution in [0.4, 0.5) is 0 Å². The van der Waals surface area contributed by atoms with Gasteiger partial charge in [0.2, 0.25) is 5.91 Å². The Kier molecular flexibility index (Phi) is 8.07. The second-order valence-electron chi connectivity index (χ2n) is 8.50. The average Bonchev–Trinajstić information content (AvgIpc) is 3.39. The molecule has 0 fully saturated rings. The highest BCUT2D eigenvalue weighted by molar-refractivity contribution is 8.00. The molecule has 0 saturated heterocycles. The fraction of sp³-hybridized carbons (Fsp3) is 0.385. The molecule has 35 heavy (non-hydrogen) atoms. The van der Waals surface area contributed by atoms with Gasteiger partial charge in [-0.1, -0.05) is 23.4 Å². The molecule has 0 spiro atoms. The third kappa shape index (κ3) is 6.03. The average molecular weight is 496 g/mol. The Hall–Kier alpha value is -3.33. The van der Waals surface area contributed by atoms with Gasteiger partial charge in [0.1, 0.15) is 5.76 Å². The van der Waals surface area contributed by atoms with Crippen LogP contribution in [0.25, 0.3) is 10.9 Å². The minimum absolute atomic E-state index is 0.117. The Balaban J connectivity index is 1.57. The number of methoxy groups -OCH3 is 1. The SMILES string of the molecule is COC(=O)c1ccc2c(=O)n(Cc3ccco3)c(SC(C)C(=O)NCCC3=CCCCC3)nc2c1. The molecule has 2 aromatic heterocycles. The van der Waals surface area contributed by atoms with Crippen LogP contribution in [0.3, 0.4) is 0 Å². The zero-order chi connectivity index (χ0) is 24.8. The Morgan fingerprint density at radius 1 is 1.29 bits per heavy atom. The van der Waals surface area contributed by atoms with E-state index in [1.165, 1.54) is 47.9 Å². The van der Waals surface area contributed by atoms with Crippen LogP contribution >= 0.6 is 11.8 Å². The molecular formula is C26H29N3O5S. The number of amides is 1. The Labute approximate surface area is 207 Å². The highest BCUT2D eigenvalue weighted by atomic mass is 32.2. The fourth-order valence-electron chi connectivity index (χ4n) is 4.07.